The van der Waals surface area contributed by atoms with Gasteiger partial charge in [-0.05, 0) is 23.3 Å². The second-order valence-corrected chi connectivity index (χ2v) is 4.27. The predicted molar refractivity (Wildman–Crippen MR) is 73.7 cm³/mol. The highest BCUT2D eigenvalue weighted by molar-refractivity contribution is 5.96. The molecule has 5 nitrogen and oxygen atoms in total. The lowest BCUT2D eigenvalue weighted by Gasteiger charge is -2.08. The summed E-state index contributed by atoms with van der Waals surface area (Å²) >= 11 is 0. The van der Waals surface area contributed by atoms with Crippen molar-refractivity contribution in [3.63, 3.8) is 0 Å². The van der Waals surface area contributed by atoms with Crippen molar-refractivity contribution in [3.05, 3.63) is 60.3 Å². The van der Waals surface area contributed by atoms with Gasteiger partial charge < -0.3 is 10.3 Å². The minimum Gasteiger partial charge on any atom is -0.366 e. The van der Waals surface area contributed by atoms with E-state index >= 15 is 0 Å². The van der Waals surface area contributed by atoms with E-state index in [1.165, 1.54) is 6.20 Å². The van der Waals surface area contributed by atoms with Gasteiger partial charge in [0.1, 0.15) is 0 Å². The molecule has 2 aromatic carbocycles. The Morgan fingerprint density at radius 3 is 2.50 bits per heavy atom. The Hall–Kier alpha value is -2.95. The van der Waals surface area contributed by atoms with Gasteiger partial charge in [0.05, 0.1) is 6.20 Å². The molecule has 1 amide bonds. The van der Waals surface area contributed by atoms with Crippen LogP contribution in [0.15, 0.2) is 59.3 Å². The Balaban J connectivity index is 2.22. The van der Waals surface area contributed by atoms with E-state index in [2.05, 4.69) is 10.4 Å². The highest BCUT2D eigenvalue weighted by atomic mass is 16.5. The molecule has 1 aromatic heterocycles. The van der Waals surface area contributed by atoms with Gasteiger partial charge in [0.25, 0.3) is 0 Å². The zero-order valence-electron chi connectivity index (χ0n) is 10.5. The van der Waals surface area contributed by atoms with Gasteiger partial charge in [-0.2, -0.15) is 0 Å². The number of amides is 1. The number of carbonyl (C=O) groups excluding carboxylic acids is 1. The number of benzene rings is 2. The maximum absolute atomic E-state index is 11.3. The quantitative estimate of drug-likeness (QED) is 0.788. The third-order valence-electron chi connectivity index (χ3n) is 3.02. The number of primary amides is 1. The number of nitrogens with zero attached hydrogens (tertiary/aromatic N) is 2. The summed E-state index contributed by atoms with van der Waals surface area (Å²) in [4.78, 5) is 11.3. The van der Waals surface area contributed by atoms with Gasteiger partial charge in [-0.25, -0.2) is 0 Å². The Morgan fingerprint density at radius 2 is 1.85 bits per heavy atom. The van der Waals surface area contributed by atoms with Crippen LogP contribution in [-0.4, -0.2) is 16.3 Å². The van der Waals surface area contributed by atoms with Crippen LogP contribution < -0.4 is 5.73 Å². The lowest BCUT2D eigenvalue weighted by Crippen LogP contribution is -2.10. The summed E-state index contributed by atoms with van der Waals surface area (Å²) in [6, 6.07) is 15.0. The van der Waals surface area contributed by atoms with Crippen LogP contribution in [0.5, 0.6) is 0 Å². The molecule has 5 heteroatoms. The topological polar surface area (TPSA) is 82.0 Å². The summed E-state index contributed by atoms with van der Waals surface area (Å²) in [5.41, 5.74) is 8.41. The third-order valence-corrected chi connectivity index (χ3v) is 3.02. The lowest BCUT2D eigenvalue weighted by molar-refractivity contribution is 0.100. The highest BCUT2D eigenvalue weighted by Crippen LogP contribution is 2.32. The molecule has 0 aliphatic rings. The first-order chi connectivity index (χ1) is 9.75. The largest absolute Gasteiger partial charge is 0.366 e. The minimum atomic E-state index is -0.488. The average molecular weight is 265 g/mol. The van der Waals surface area contributed by atoms with E-state index in [4.69, 9.17) is 10.3 Å². The molecule has 1 heterocycles. The summed E-state index contributed by atoms with van der Waals surface area (Å²) in [5.74, 6) is 0.00490. The third kappa shape index (κ3) is 2.16. The molecule has 0 aliphatic heterocycles. The van der Waals surface area contributed by atoms with Gasteiger partial charge in [0.2, 0.25) is 5.91 Å². The van der Waals surface area contributed by atoms with E-state index in [0.29, 0.717) is 11.3 Å². The van der Waals surface area contributed by atoms with Crippen LogP contribution >= 0.6 is 0 Å². The summed E-state index contributed by atoms with van der Waals surface area (Å²) in [7, 11) is 0. The number of carbonyl (C=O) groups is 1. The van der Waals surface area contributed by atoms with E-state index in [1.807, 2.05) is 36.4 Å². The van der Waals surface area contributed by atoms with Crippen LogP contribution in [0.2, 0.25) is 0 Å². The van der Waals surface area contributed by atoms with E-state index in [0.717, 1.165) is 16.7 Å². The van der Waals surface area contributed by atoms with Gasteiger partial charge in [0.15, 0.2) is 5.76 Å². The molecule has 0 unspecified atom stereocenters. The van der Waals surface area contributed by atoms with Crippen molar-refractivity contribution in [1.82, 2.24) is 10.4 Å². The smallest absolute Gasteiger partial charge is 0.248 e. The molecule has 3 rings (SSSR count). The van der Waals surface area contributed by atoms with Crippen LogP contribution in [0.1, 0.15) is 10.4 Å². The van der Waals surface area contributed by atoms with Crippen LogP contribution in [0, 0.1) is 0 Å². The molecule has 2 N–H and O–H groups in total. The van der Waals surface area contributed by atoms with Gasteiger partial charge in [0, 0.05) is 16.4 Å². The maximum atomic E-state index is 11.3. The molecule has 0 saturated carbocycles. The zero-order valence-corrected chi connectivity index (χ0v) is 10.5. The molecule has 20 heavy (non-hydrogen) atoms. The molecule has 0 spiro atoms. The SMILES string of the molecule is NC(=O)c1ccc(-c2ccccc2)c(-c2cnno2)c1. The maximum Gasteiger partial charge on any atom is 0.248 e. The molecule has 0 bridgehead atoms. The van der Waals surface area contributed by atoms with Crippen LogP contribution in [0.3, 0.4) is 0 Å². The van der Waals surface area contributed by atoms with E-state index in [-0.39, 0.29) is 0 Å². The van der Waals surface area contributed by atoms with E-state index < -0.39 is 5.91 Å². The lowest BCUT2D eigenvalue weighted by atomic mass is 9.96. The molecule has 0 fully saturated rings. The Kier molecular flexibility index (Phi) is 3.01. The Bertz CT molecular complexity index is 737. The number of rotatable bonds is 3. The van der Waals surface area contributed by atoms with Crippen molar-refractivity contribution in [2.45, 2.75) is 0 Å². The second kappa shape index (κ2) is 4.97. The normalized spacial score (nSPS) is 10.4. The van der Waals surface area contributed by atoms with Gasteiger partial charge >= 0.3 is 0 Å². The van der Waals surface area contributed by atoms with Gasteiger partial charge in [-0.3, -0.25) is 4.79 Å². The summed E-state index contributed by atoms with van der Waals surface area (Å²) in [5, 5.41) is 7.14. The fraction of sp³-hybridized carbons (Fsp3) is 0. The monoisotopic (exact) mass is 265 g/mol. The van der Waals surface area contributed by atoms with Crippen molar-refractivity contribution in [1.29, 1.82) is 0 Å². The molecule has 0 aliphatic carbocycles. The van der Waals surface area contributed by atoms with E-state index in [9.17, 15) is 4.79 Å². The first-order valence-corrected chi connectivity index (χ1v) is 6.03. The van der Waals surface area contributed by atoms with E-state index in [1.54, 1.807) is 12.1 Å². The Morgan fingerprint density at radius 1 is 1.05 bits per heavy atom. The molecule has 0 radical (unpaired) electrons. The fourth-order valence-corrected chi connectivity index (χ4v) is 2.06. The van der Waals surface area contributed by atoms with Gasteiger partial charge in [-0.1, -0.05) is 36.4 Å². The Labute approximate surface area is 115 Å². The van der Waals surface area contributed by atoms with Crippen molar-refractivity contribution >= 4 is 5.91 Å². The standard InChI is InChI=1S/C15H11N3O2/c16-15(19)11-6-7-12(10-4-2-1-3-5-10)13(8-11)14-9-17-18-20-14/h1-9H,(H2,16,19). The number of hydrogen-bond donors (Lipinski definition) is 1. The zero-order chi connectivity index (χ0) is 13.9. The number of hydrogen-bond acceptors (Lipinski definition) is 4. The predicted octanol–water partition coefficient (Wildman–Crippen LogP) is 2.50. The van der Waals surface area contributed by atoms with Crippen LogP contribution in [-0.2, 0) is 0 Å². The summed E-state index contributed by atoms with van der Waals surface area (Å²) in [6.07, 6.45) is 1.51. The average Bonchev–Trinajstić information content (AvgIpc) is 3.01. The molecular weight excluding hydrogens is 254 g/mol. The fourth-order valence-electron chi connectivity index (χ4n) is 2.06. The van der Waals surface area contributed by atoms with Crippen molar-refractivity contribution in [2.24, 2.45) is 5.73 Å². The molecular formula is C15H11N3O2. The number of aromatic nitrogens is 2. The molecule has 0 atom stereocenters. The van der Waals surface area contributed by atoms with Crippen molar-refractivity contribution in [3.8, 4) is 22.5 Å². The molecule has 3 aromatic rings. The first-order valence-electron chi connectivity index (χ1n) is 6.03. The van der Waals surface area contributed by atoms with Crippen LogP contribution in [0.25, 0.3) is 22.5 Å². The number of nitrogens with two attached hydrogens (primary N) is 1. The molecule has 0 saturated heterocycles. The summed E-state index contributed by atoms with van der Waals surface area (Å²) < 4.78 is 5.10. The second-order valence-electron chi connectivity index (χ2n) is 4.27. The van der Waals surface area contributed by atoms with Gasteiger partial charge in [-0.15, -0.1) is 5.10 Å². The molecule has 98 valence electrons. The van der Waals surface area contributed by atoms with Crippen molar-refractivity contribution < 1.29 is 9.32 Å². The van der Waals surface area contributed by atoms with Crippen molar-refractivity contribution in [2.75, 3.05) is 0 Å². The highest BCUT2D eigenvalue weighted by Gasteiger charge is 2.13. The van der Waals surface area contributed by atoms with Crippen LogP contribution in [0.4, 0.5) is 0 Å². The minimum absolute atomic E-state index is 0.413. The summed E-state index contributed by atoms with van der Waals surface area (Å²) in [6.45, 7) is 0. The first kappa shape index (κ1) is 12.1.